The third kappa shape index (κ3) is 5.96. The van der Waals surface area contributed by atoms with Gasteiger partial charge in [-0.2, -0.15) is 0 Å². The summed E-state index contributed by atoms with van der Waals surface area (Å²) < 4.78 is 5.49. The lowest BCUT2D eigenvalue weighted by Crippen LogP contribution is -2.49. The van der Waals surface area contributed by atoms with Crippen LogP contribution in [0.4, 0.5) is 4.79 Å². The van der Waals surface area contributed by atoms with Crippen LogP contribution in [0.15, 0.2) is 35.7 Å². The van der Waals surface area contributed by atoms with Crippen molar-refractivity contribution in [3.8, 4) is 0 Å². The highest BCUT2D eigenvalue weighted by Crippen LogP contribution is 2.31. The average molecular weight is 485 g/mol. The number of piperidine rings is 1. The molecule has 2 amide bonds. The summed E-state index contributed by atoms with van der Waals surface area (Å²) in [7, 11) is 0. The molecule has 2 aliphatic heterocycles. The molecular weight excluding hydrogens is 448 g/mol. The van der Waals surface area contributed by atoms with Crippen molar-refractivity contribution in [2.24, 2.45) is 0 Å². The van der Waals surface area contributed by atoms with Crippen molar-refractivity contribution in [1.29, 1.82) is 0 Å². The Morgan fingerprint density at radius 1 is 1.00 bits per heavy atom. The molecule has 3 heterocycles. The van der Waals surface area contributed by atoms with Crippen LogP contribution in [-0.4, -0.2) is 76.6 Å². The summed E-state index contributed by atoms with van der Waals surface area (Å²) in [5.74, 6) is 0.314. The lowest BCUT2D eigenvalue weighted by atomic mass is 9.98. The van der Waals surface area contributed by atoms with E-state index in [1.807, 2.05) is 37.1 Å². The third-order valence-electron chi connectivity index (χ3n) is 6.67. The Labute approximate surface area is 206 Å². The highest BCUT2D eigenvalue weighted by Gasteiger charge is 2.30. The summed E-state index contributed by atoms with van der Waals surface area (Å²) in [5.41, 5.74) is 1.38. The van der Waals surface area contributed by atoms with Crippen molar-refractivity contribution in [3.63, 3.8) is 0 Å². The molecule has 8 heteroatoms. The van der Waals surface area contributed by atoms with Crippen LogP contribution in [0.1, 0.15) is 73.6 Å². The zero-order valence-electron chi connectivity index (χ0n) is 20.7. The zero-order chi connectivity index (χ0) is 24.3. The topological polar surface area (TPSA) is 66.0 Å². The number of nitrogens with zero attached hydrogens (tertiary/aromatic N) is 4. The average Bonchev–Trinajstić information content (AvgIpc) is 3.33. The molecule has 1 aromatic carbocycles. The van der Waals surface area contributed by atoms with Crippen LogP contribution in [-0.2, 0) is 4.74 Å². The van der Waals surface area contributed by atoms with E-state index in [9.17, 15) is 9.59 Å². The predicted octanol–water partition coefficient (Wildman–Crippen LogP) is 4.78. The van der Waals surface area contributed by atoms with Crippen LogP contribution in [0.5, 0.6) is 0 Å². The van der Waals surface area contributed by atoms with E-state index >= 15 is 0 Å². The molecule has 0 spiro atoms. The number of carbonyl (C=O) groups is 2. The number of thiazole rings is 1. The second-order valence-electron chi connectivity index (χ2n) is 10.2. The number of aromatic nitrogens is 1. The maximum Gasteiger partial charge on any atom is 0.410 e. The van der Waals surface area contributed by atoms with Crippen molar-refractivity contribution in [1.82, 2.24) is 19.7 Å². The number of likely N-dealkylation sites (tertiary alicyclic amines) is 1. The number of hydrogen-bond donors (Lipinski definition) is 0. The highest BCUT2D eigenvalue weighted by molar-refractivity contribution is 7.09. The van der Waals surface area contributed by atoms with Crippen LogP contribution < -0.4 is 0 Å². The summed E-state index contributed by atoms with van der Waals surface area (Å²) >= 11 is 1.57. The molecule has 1 unspecified atom stereocenters. The number of hydrogen-bond acceptors (Lipinski definition) is 6. The predicted molar refractivity (Wildman–Crippen MR) is 134 cm³/mol. The first-order valence-electron chi connectivity index (χ1n) is 12.2. The van der Waals surface area contributed by atoms with Gasteiger partial charge < -0.3 is 14.5 Å². The van der Waals surface area contributed by atoms with Crippen LogP contribution in [0.25, 0.3) is 0 Å². The molecule has 2 fully saturated rings. The minimum Gasteiger partial charge on any atom is -0.444 e. The maximum atomic E-state index is 13.1. The molecule has 2 aliphatic rings. The van der Waals surface area contributed by atoms with Gasteiger partial charge >= 0.3 is 6.09 Å². The van der Waals surface area contributed by atoms with E-state index in [-0.39, 0.29) is 17.9 Å². The standard InChI is InChI=1S/C26H36N4O3S/c1-19(20-8-6-5-7-9-20)28-14-16-29(17-15-28)24(31)22-18-34-23(27-22)21-10-12-30(13-11-21)25(32)33-26(2,3)4/h5-9,18-19,21H,10-17H2,1-4H3. The van der Waals surface area contributed by atoms with Crippen molar-refractivity contribution in [3.05, 3.63) is 52.0 Å². The Kier molecular flexibility index (Phi) is 7.57. The molecule has 0 radical (unpaired) electrons. The van der Waals surface area contributed by atoms with Gasteiger partial charge in [-0.05, 0) is 46.1 Å². The summed E-state index contributed by atoms with van der Waals surface area (Å²) in [5, 5.41) is 2.90. The summed E-state index contributed by atoms with van der Waals surface area (Å²) in [6.45, 7) is 12.4. The summed E-state index contributed by atoms with van der Waals surface area (Å²) in [6.07, 6.45) is 1.44. The van der Waals surface area contributed by atoms with Gasteiger partial charge in [0.25, 0.3) is 5.91 Å². The van der Waals surface area contributed by atoms with E-state index in [1.165, 1.54) is 5.56 Å². The normalized spacial score (nSPS) is 19.2. The summed E-state index contributed by atoms with van der Waals surface area (Å²) in [6, 6.07) is 10.9. The van der Waals surface area contributed by atoms with E-state index in [4.69, 9.17) is 9.72 Å². The Morgan fingerprint density at radius 3 is 2.26 bits per heavy atom. The maximum absolute atomic E-state index is 13.1. The van der Waals surface area contributed by atoms with Crippen molar-refractivity contribution < 1.29 is 14.3 Å². The van der Waals surface area contributed by atoms with Crippen LogP contribution >= 0.6 is 11.3 Å². The first-order valence-corrected chi connectivity index (χ1v) is 13.1. The van der Waals surface area contributed by atoms with E-state index < -0.39 is 5.60 Å². The Bertz CT molecular complexity index is 971. The molecular formula is C26H36N4O3S. The monoisotopic (exact) mass is 484 g/mol. The van der Waals surface area contributed by atoms with Crippen molar-refractivity contribution in [2.75, 3.05) is 39.3 Å². The molecule has 34 heavy (non-hydrogen) atoms. The van der Waals surface area contributed by atoms with Crippen molar-refractivity contribution >= 4 is 23.3 Å². The molecule has 2 aromatic rings. The second kappa shape index (κ2) is 10.4. The Balaban J connectivity index is 1.28. The molecule has 1 atom stereocenters. The molecule has 0 bridgehead atoms. The molecule has 1 aromatic heterocycles. The van der Waals surface area contributed by atoms with Crippen LogP contribution in [0.3, 0.4) is 0 Å². The number of rotatable bonds is 4. The van der Waals surface area contributed by atoms with E-state index in [1.54, 1.807) is 16.2 Å². The number of ether oxygens (including phenoxy) is 1. The lowest BCUT2D eigenvalue weighted by molar-refractivity contribution is 0.0204. The fourth-order valence-corrected chi connectivity index (χ4v) is 5.59. The van der Waals surface area contributed by atoms with Gasteiger partial charge in [0.2, 0.25) is 0 Å². The van der Waals surface area contributed by atoms with Gasteiger partial charge in [0.15, 0.2) is 0 Å². The molecule has 4 rings (SSSR count). The Morgan fingerprint density at radius 2 is 1.65 bits per heavy atom. The highest BCUT2D eigenvalue weighted by atomic mass is 32.1. The van der Waals surface area contributed by atoms with Gasteiger partial charge in [-0.3, -0.25) is 9.69 Å². The molecule has 0 aliphatic carbocycles. The molecule has 0 saturated carbocycles. The Hall–Kier alpha value is -2.45. The van der Waals surface area contributed by atoms with Gasteiger partial charge in [0.05, 0.1) is 5.01 Å². The minimum absolute atomic E-state index is 0.0284. The zero-order valence-corrected chi connectivity index (χ0v) is 21.5. The quantitative estimate of drug-likeness (QED) is 0.625. The smallest absolute Gasteiger partial charge is 0.410 e. The molecule has 7 nitrogen and oxygen atoms in total. The second-order valence-corrected chi connectivity index (χ2v) is 11.1. The summed E-state index contributed by atoms with van der Waals surface area (Å²) in [4.78, 5) is 36.3. The SMILES string of the molecule is CC(c1ccccc1)N1CCN(C(=O)c2csc(C3CCN(C(=O)OC(C)(C)C)CC3)n2)CC1. The van der Waals surface area contributed by atoms with E-state index in [0.29, 0.717) is 24.8 Å². The van der Waals surface area contributed by atoms with Crippen molar-refractivity contribution in [2.45, 2.75) is 58.1 Å². The van der Waals surface area contributed by atoms with Gasteiger partial charge in [-0.1, -0.05) is 30.3 Å². The van der Waals surface area contributed by atoms with E-state index in [2.05, 4.69) is 36.1 Å². The fraction of sp³-hybridized carbons (Fsp3) is 0.577. The molecule has 2 saturated heterocycles. The third-order valence-corrected chi connectivity index (χ3v) is 7.68. The van der Waals surface area contributed by atoms with Gasteiger partial charge in [-0.15, -0.1) is 11.3 Å². The fourth-order valence-electron chi connectivity index (χ4n) is 4.63. The van der Waals surface area contributed by atoms with Gasteiger partial charge in [0, 0.05) is 56.6 Å². The number of carbonyl (C=O) groups excluding carboxylic acids is 2. The minimum atomic E-state index is -0.483. The van der Waals surface area contributed by atoms with Gasteiger partial charge in [-0.25, -0.2) is 9.78 Å². The van der Waals surface area contributed by atoms with Crippen LogP contribution in [0, 0.1) is 0 Å². The largest absolute Gasteiger partial charge is 0.444 e. The lowest BCUT2D eigenvalue weighted by Gasteiger charge is -2.38. The molecule has 0 N–H and O–H groups in total. The van der Waals surface area contributed by atoms with E-state index in [0.717, 1.165) is 44.0 Å². The number of piperazine rings is 1. The first-order chi connectivity index (χ1) is 16.2. The number of benzene rings is 1. The van der Waals surface area contributed by atoms with Gasteiger partial charge in [0.1, 0.15) is 11.3 Å². The number of amides is 2. The molecule has 184 valence electrons. The van der Waals surface area contributed by atoms with Crippen LogP contribution in [0.2, 0.25) is 0 Å². The first kappa shape index (κ1) is 24.7.